The van der Waals surface area contributed by atoms with Gasteiger partial charge in [0.2, 0.25) is 5.91 Å². The molecule has 148 valence electrons. The number of carbonyl (C=O) groups is 3. The predicted octanol–water partition coefficient (Wildman–Crippen LogP) is 0.489. The monoisotopic (exact) mass is 394 g/mol. The summed E-state index contributed by atoms with van der Waals surface area (Å²) >= 11 is 1.52. The van der Waals surface area contributed by atoms with Gasteiger partial charge in [-0.15, -0.1) is 11.3 Å². The second kappa shape index (κ2) is 8.84. The molecule has 0 bridgehead atoms. The number of ether oxygens (including phenoxy) is 1. The molecule has 0 spiro atoms. The zero-order valence-electron chi connectivity index (χ0n) is 16.1. The van der Waals surface area contributed by atoms with Gasteiger partial charge in [0, 0.05) is 11.8 Å². The molecule has 1 aromatic rings. The summed E-state index contributed by atoms with van der Waals surface area (Å²) in [5.41, 5.74) is 1.61. The van der Waals surface area contributed by atoms with Crippen LogP contribution in [0.4, 0.5) is 5.00 Å². The molecule has 2 aliphatic rings. The number of quaternary nitrogens is 1. The van der Waals surface area contributed by atoms with E-state index >= 15 is 0 Å². The van der Waals surface area contributed by atoms with Crippen molar-refractivity contribution in [2.75, 3.05) is 44.6 Å². The maximum atomic E-state index is 12.6. The van der Waals surface area contributed by atoms with Crippen LogP contribution in [-0.2, 0) is 27.2 Å². The Morgan fingerprint density at radius 3 is 2.56 bits per heavy atom. The number of aryl methyl sites for hydroxylation is 1. The molecule has 7 nitrogen and oxygen atoms in total. The molecule has 1 aliphatic heterocycles. The maximum absolute atomic E-state index is 12.6. The SMILES string of the molecule is CCOC(=O)c1c(NC(=O)C[NH+]2CCN(C(C)=O)CC2)sc2c1CCCC2. The average molecular weight is 395 g/mol. The molecular formula is C19H28N3O4S+. The molecule has 3 rings (SSSR count). The van der Waals surface area contributed by atoms with E-state index < -0.39 is 0 Å². The Morgan fingerprint density at radius 2 is 1.89 bits per heavy atom. The summed E-state index contributed by atoms with van der Waals surface area (Å²) in [5.74, 6) is -0.346. The fourth-order valence-electron chi connectivity index (χ4n) is 3.79. The van der Waals surface area contributed by atoms with Crippen molar-refractivity contribution >= 4 is 34.1 Å². The van der Waals surface area contributed by atoms with Gasteiger partial charge in [0.05, 0.1) is 38.3 Å². The number of hydrogen-bond donors (Lipinski definition) is 2. The molecule has 2 heterocycles. The van der Waals surface area contributed by atoms with Gasteiger partial charge >= 0.3 is 5.97 Å². The Hall–Kier alpha value is -1.93. The molecule has 0 aromatic carbocycles. The number of thiophene rings is 1. The lowest BCUT2D eigenvalue weighted by Crippen LogP contribution is -3.15. The molecule has 8 heteroatoms. The summed E-state index contributed by atoms with van der Waals surface area (Å²) < 4.78 is 5.23. The summed E-state index contributed by atoms with van der Waals surface area (Å²) in [6.07, 6.45) is 4.01. The van der Waals surface area contributed by atoms with Crippen LogP contribution in [0.3, 0.4) is 0 Å². The quantitative estimate of drug-likeness (QED) is 0.713. The molecule has 1 aromatic heterocycles. The Bertz CT molecular complexity index is 723. The van der Waals surface area contributed by atoms with E-state index in [4.69, 9.17) is 4.74 Å². The highest BCUT2D eigenvalue weighted by molar-refractivity contribution is 7.17. The number of carbonyl (C=O) groups excluding carboxylic acids is 3. The van der Waals surface area contributed by atoms with Crippen molar-refractivity contribution in [2.24, 2.45) is 0 Å². The number of anilines is 1. The van der Waals surface area contributed by atoms with Gasteiger partial charge in [0.25, 0.3) is 5.91 Å². The number of hydrogen-bond acceptors (Lipinski definition) is 5. The van der Waals surface area contributed by atoms with E-state index in [0.717, 1.165) is 49.2 Å². The van der Waals surface area contributed by atoms with Crippen molar-refractivity contribution in [1.82, 2.24) is 4.90 Å². The number of nitrogens with zero attached hydrogens (tertiary/aromatic N) is 1. The largest absolute Gasteiger partial charge is 0.462 e. The highest BCUT2D eigenvalue weighted by Gasteiger charge is 2.29. The van der Waals surface area contributed by atoms with E-state index in [1.807, 2.05) is 4.90 Å². The van der Waals surface area contributed by atoms with Crippen LogP contribution in [-0.4, -0.2) is 62.0 Å². The topological polar surface area (TPSA) is 80.2 Å². The van der Waals surface area contributed by atoms with Crippen LogP contribution in [0.2, 0.25) is 0 Å². The first-order valence-electron chi connectivity index (χ1n) is 9.70. The second-order valence-electron chi connectivity index (χ2n) is 7.12. The predicted molar refractivity (Wildman–Crippen MR) is 103 cm³/mol. The van der Waals surface area contributed by atoms with Gasteiger partial charge in [-0.3, -0.25) is 9.59 Å². The number of rotatable bonds is 5. The lowest BCUT2D eigenvalue weighted by molar-refractivity contribution is -0.895. The summed E-state index contributed by atoms with van der Waals surface area (Å²) in [6, 6.07) is 0. The molecule has 0 saturated carbocycles. The van der Waals surface area contributed by atoms with Crippen molar-refractivity contribution in [3.8, 4) is 0 Å². The second-order valence-corrected chi connectivity index (χ2v) is 8.22. The van der Waals surface area contributed by atoms with Crippen LogP contribution in [0.15, 0.2) is 0 Å². The first-order valence-corrected chi connectivity index (χ1v) is 10.5. The highest BCUT2D eigenvalue weighted by atomic mass is 32.1. The number of piperazine rings is 1. The smallest absolute Gasteiger partial charge is 0.341 e. The zero-order chi connectivity index (χ0) is 19.4. The van der Waals surface area contributed by atoms with Gasteiger partial charge in [-0.25, -0.2) is 4.79 Å². The maximum Gasteiger partial charge on any atom is 0.341 e. The normalized spacial score (nSPS) is 17.3. The summed E-state index contributed by atoms with van der Waals surface area (Å²) in [7, 11) is 0. The number of nitrogens with one attached hydrogen (secondary N) is 2. The lowest BCUT2D eigenvalue weighted by atomic mass is 9.95. The van der Waals surface area contributed by atoms with Gasteiger partial charge in [0.15, 0.2) is 6.54 Å². The Kier molecular flexibility index (Phi) is 6.49. The standard InChI is InChI=1S/C19H27N3O4S/c1-3-26-19(25)17-14-6-4-5-7-15(14)27-18(17)20-16(24)12-21-8-10-22(11-9-21)13(2)23/h3-12H2,1-2H3,(H,20,24)/p+1. The summed E-state index contributed by atoms with van der Waals surface area (Å²) in [5, 5.41) is 3.60. The average Bonchev–Trinajstić information content (AvgIpc) is 3.00. The molecule has 0 atom stereocenters. The Balaban J connectivity index is 1.66. The Labute approximate surface area is 163 Å². The highest BCUT2D eigenvalue weighted by Crippen LogP contribution is 2.38. The molecule has 2 N–H and O–H groups in total. The third kappa shape index (κ3) is 4.68. The minimum Gasteiger partial charge on any atom is -0.462 e. The number of fused-ring (bicyclic) bond motifs is 1. The van der Waals surface area contributed by atoms with Gasteiger partial charge in [-0.2, -0.15) is 0 Å². The van der Waals surface area contributed by atoms with E-state index in [9.17, 15) is 14.4 Å². The number of esters is 1. The molecule has 0 unspecified atom stereocenters. The van der Waals surface area contributed by atoms with E-state index in [1.165, 1.54) is 16.2 Å². The molecule has 2 amide bonds. The molecular weight excluding hydrogens is 366 g/mol. The molecule has 1 fully saturated rings. The summed E-state index contributed by atoms with van der Waals surface area (Å²) in [4.78, 5) is 40.6. The zero-order valence-corrected chi connectivity index (χ0v) is 16.9. The van der Waals surface area contributed by atoms with E-state index in [0.29, 0.717) is 36.8 Å². The van der Waals surface area contributed by atoms with Gasteiger partial charge in [0.1, 0.15) is 5.00 Å². The fourth-order valence-corrected chi connectivity index (χ4v) is 5.08. The van der Waals surface area contributed by atoms with Crippen LogP contribution in [0.25, 0.3) is 0 Å². The third-order valence-corrected chi connectivity index (χ3v) is 6.44. The molecule has 1 aliphatic carbocycles. The van der Waals surface area contributed by atoms with Crippen molar-refractivity contribution in [3.63, 3.8) is 0 Å². The Morgan fingerprint density at radius 1 is 1.19 bits per heavy atom. The van der Waals surface area contributed by atoms with E-state index in [-0.39, 0.29) is 17.8 Å². The first kappa shape index (κ1) is 19.8. The fraction of sp³-hybridized carbons (Fsp3) is 0.632. The number of amides is 2. The van der Waals surface area contributed by atoms with Crippen molar-refractivity contribution in [2.45, 2.75) is 39.5 Å². The lowest BCUT2D eigenvalue weighted by Gasteiger charge is -2.31. The van der Waals surface area contributed by atoms with Crippen LogP contribution < -0.4 is 10.2 Å². The van der Waals surface area contributed by atoms with Gasteiger partial charge in [-0.1, -0.05) is 0 Å². The van der Waals surface area contributed by atoms with E-state index in [2.05, 4.69) is 5.32 Å². The molecule has 1 saturated heterocycles. The first-order chi connectivity index (χ1) is 13.0. The third-order valence-electron chi connectivity index (χ3n) is 5.23. The van der Waals surface area contributed by atoms with Crippen LogP contribution in [0.1, 0.15) is 47.5 Å². The van der Waals surface area contributed by atoms with Crippen molar-refractivity contribution < 1.29 is 24.0 Å². The van der Waals surface area contributed by atoms with Crippen molar-refractivity contribution in [1.29, 1.82) is 0 Å². The minimum absolute atomic E-state index is 0.0850. The van der Waals surface area contributed by atoms with Crippen LogP contribution >= 0.6 is 11.3 Å². The van der Waals surface area contributed by atoms with Gasteiger partial charge < -0.3 is 19.9 Å². The summed E-state index contributed by atoms with van der Waals surface area (Å²) in [6.45, 7) is 6.92. The molecule has 27 heavy (non-hydrogen) atoms. The minimum atomic E-state index is -0.338. The van der Waals surface area contributed by atoms with E-state index in [1.54, 1.807) is 13.8 Å². The van der Waals surface area contributed by atoms with Crippen LogP contribution in [0.5, 0.6) is 0 Å². The van der Waals surface area contributed by atoms with Crippen LogP contribution in [0, 0.1) is 0 Å². The molecule has 0 radical (unpaired) electrons. The van der Waals surface area contributed by atoms with Crippen molar-refractivity contribution in [3.05, 3.63) is 16.0 Å². The van der Waals surface area contributed by atoms with Gasteiger partial charge in [-0.05, 0) is 38.2 Å².